The number of phenols is 1. The van der Waals surface area contributed by atoms with Crippen LogP contribution in [0.1, 0.15) is 25.1 Å². The zero-order valence-electron chi connectivity index (χ0n) is 15.3. The quantitative estimate of drug-likeness (QED) is 0.716. The molecule has 4 rings (SSSR count). The summed E-state index contributed by atoms with van der Waals surface area (Å²) in [5, 5.41) is 9.51. The molecule has 3 aromatic rings. The summed E-state index contributed by atoms with van der Waals surface area (Å²) in [6.07, 6.45) is 2.31. The fourth-order valence-corrected chi connectivity index (χ4v) is 5.34. The average Bonchev–Trinajstić information content (AvgIpc) is 3.16. The number of sulfonamides is 1. The predicted molar refractivity (Wildman–Crippen MR) is 103 cm³/mol. The van der Waals surface area contributed by atoms with Gasteiger partial charge in [-0.25, -0.2) is 12.8 Å². The van der Waals surface area contributed by atoms with Crippen molar-refractivity contribution >= 4 is 15.7 Å². The van der Waals surface area contributed by atoms with E-state index in [-0.39, 0.29) is 22.1 Å². The second-order valence-corrected chi connectivity index (χ2v) is 8.31. The molecule has 0 amide bonds. The molecule has 1 aromatic heterocycles. The Labute approximate surface area is 162 Å². The molecular formula is C20H19FN2O4S. The van der Waals surface area contributed by atoms with Gasteiger partial charge in [-0.05, 0) is 42.8 Å². The highest BCUT2D eigenvalue weighted by molar-refractivity contribution is 7.92. The lowest BCUT2D eigenvalue weighted by molar-refractivity contribution is 0.386. The minimum absolute atomic E-state index is 0.0194. The normalized spacial score (nSPS) is 15.8. The third-order valence-corrected chi connectivity index (χ3v) is 6.77. The van der Waals surface area contributed by atoms with E-state index in [4.69, 9.17) is 4.74 Å². The minimum Gasteiger partial charge on any atom is -0.508 e. The van der Waals surface area contributed by atoms with Crippen LogP contribution >= 0.6 is 0 Å². The fourth-order valence-electron chi connectivity index (χ4n) is 3.63. The lowest BCUT2D eigenvalue weighted by Crippen LogP contribution is -2.39. The van der Waals surface area contributed by atoms with Crippen LogP contribution in [0.5, 0.6) is 11.5 Å². The van der Waals surface area contributed by atoms with Gasteiger partial charge in [-0.15, -0.1) is 0 Å². The molecule has 0 fully saturated rings. The first-order valence-electron chi connectivity index (χ1n) is 8.77. The van der Waals surface area contributed by atoms with Crippen LogP contribution in [0, 0.1) is 5.82 Å². The summed E-state index contributed by atoms with van der Waals surface area (Å²) >= 11 is 0. The molecule has 0 saturated heterocycles. The molecule has 2 heterocycles. The van der Waals surface area contributed by atoms with Gasteiger partial charge in [-0.3, -0.25) is 4.31 Å². The van der Waals surface area contributed by atoms with Gasteiger partial charge in [-0.1, -0.05) is 6.92 Å². The second kappa shape index (κ2) is 6.56. The summed E-state index contributed by atoms with van der Waals surface area (Å²) < 4.78 is 49.8. The summed E-state index contributed by atoms with van der Waals surface area (Å²) in [5.41, 5.74) is 1.54. The van der Waals surface area contributed by atoms with Crippen LogP contribution in [-0.2, 0) is 10.0 Å². The SMILES string of the molecule is CCC1c2cccn2-c2cc(OC)c(F)cc2N1S(=O)(=O)c1ccc(O)cc1. The average molecular weight is 402 g/mol. The molecule has 0 spiro atoms. The highest BCUT2D eigenvalue weighted by atomic mass is 32.2. The molecule has 0 radical (unpaired) electrons. The van der Waals surface area contributed by atoms with Gasteiger partial charge in [0.2, 0.25) is 0 Å². The number of ether oxygens (including phenoxy) is 1. The summed E-state index contributed by atoms with van der Waals surface area (Å²) in [6, 6.07) is 11.2. The maximum atomic E-state index is 14.5. The first-order chi connectivity index (χ1) is 13.4. The van der Waals surface area contributed by atoms with E-state index in [1.165, 1.54) is 47.8 Å². The molecule has 8 heteroatoms. The Hall–Kier alpha value is -3.00. The van der Waals surface area contributed by atoms with Gasteiger partial charge in [0, 0.05) is 24.0 Å². The Bertz CT molecular complexity index is 1140. The zero-order chi connectivity index (χ0) is 20.1. The van der Waals surface area contributed by atoms with E-state index < -0.39 is 21.9 Å². The van der Waals surface area contributed by atoms with E-state index in [0.29, 0.717) is 12.1 Å². The van der Waals surface area contributed by atoms with Gasteiger partial charge in [-0.2, -0.15) is 0 Å². The van der Waals surface area contributed by atoms with Crippen molar-refractivity contribution in [3.8, 4) is 17.2 Å². The summed E-state index contributed by atoms with van der Waals surface area (Å²) in [6.45, 7) is 1.88. The van der Waals surface area contributed by atoms with E-state index >= 15 is 0 Å². The number of fused-ring (bicyclic) bond motifs is 3. The second-order valence-electron chi connectivity index (χ2n) is 6.50. The van der Waals surface area contributed by atoms with Crippen molar-refractivity contribution < 1.29 is 22.7 Å². The lowest BCUT2D eigenvalue weighted by Gasteiger charge is -2.38. The van der Waals surface area contributed by atoms with Crippen molar-refractivity contribution in [3.05, 3.63) is 66.2 Å². The van der Waals surface area contributed by atoms with Crippen LogP contribution < -0.4 is 9.04 Å². The molecule has 1 aliphatic heterocycles. The molecule has 0 bridgehead atoms. The monoisotopic (exact) mass is 402 g/mol. The number of anilines is 1. The van der Waals surface area contributed by atoms with Crippen molar-refractivity contribution in [1.29, 1.82) is 0 Å². The largest absolute Gasteiger partial charge is 0.508 e. The number of halogens is 1. The van der Waals surface area contributed by atoms with Crippen LogP contribution in [0.4, 0.5) is 10.1 Å². The van der Waals surface area contributed by atoms with Crippen molar-refractivity contribution in [3.63, 3.8) is 0 Å². The third kappa shape index (κ3) is 2.63. The van der Waals surface area contributed by atoms with Crippen molar-refractivity contribution in [1.82, 2.24) is 4.57 Å². The number of rotatable bonds is 4. The number of benzene rings is 2. The number of nitrogens with zero attached hydrogens (tertiary/aromatic N) is 2. The Kier molecular flexibility index (Phi) is 4.30. The van der Waals surface area contributed by atoms with Crippen LogP contribution in [0.2, 0.25) is 0 Å². The molecule has 0 aliphatic carbocycles. The molecule has 146 valence electrons. The third-order valence-electron chi connectivity index (χ3n) is 4.93. The van der Waals surface area contributed by atoms with Gasteiger partial charge in [0.25, 0.3) is 10.0 Å². The van der Waals surface area contributed by atoms with Gasteiger partial charge in [0.1, 0.15) is 5.75 Å². The number of aromatic nitrogens is 1. The fraction of sp³-hybridized carbons (Fsp3) is 0.200. The van der Waals surface area contributed by atoms with E-state index in [1.54, 1.807) is 0 Å². The van der Waals surface area contributed by atoms with Crippen molar-refractivity contribution in [2.75, 3.05) is 11.4 Å². The lowest BCUT2D eigenvalue weighted by atomic mass is 10.1. The molecule has 6 nitrogen and oxygen atoms in total. The number of hydrogen-bond acceptors (Lipinski definition) is 4. The molecule has 1 atom stereocenters. The summed E-state index contributed by atoms with van der Waals surface area (Å²) in [4.78, 5) is 0.0194. The number of hydrogen-bond donors (Lipinski definition) is 1. The van der Waals surface area contributed by atoms with Crippen molar-refractivity contribution in [2.45, 2.75) is 24.3 Å². The Morgan fingerprint density at radius 2 is 1.86 bits per heavy atom. The maximum Gasteiger partial charge on any atom is 0.265 e. The Balaban J connectivity index is 1.99. The minimum atomic E-state index is -4.01. The van der Waals surface area contributed by atoms with Crippen LogP contribution in [0.25, 0.3) is 5.69 Å². The number of methoxy groups -OCH3 is 1. The van der Waals surface area contributed by atoms with E-state index in [2.05, 4.69) is 0 Å². The Morgan fingerprint density at radius 1 is 1.14 bits per heavy atom. The molecule has 1 aliphatic rings. The molecule has 1 N–H and O–H groups in total. The van der Waals surface area contributed by atoms with E-state index in [1.807, 2.05) is 29.8 Å². The molecule has 0 saturated carbocycles. The number of aromatic hydroxyl groups is 1. The van der Waals surface area contributed by atoms with E-state index in [0.717, 1.165) is 5.69 Å². The predicted octanol–water partition coefficient (Wildman–Crippen LogP) is 3.99. The summed E-state index contributed by atoms with van der Waals surface area (Å²) in [7, 11) is -2.64. The molecule has 1 unspecified atom stereocenters. The molecule has 28 heavy (non-hydrogen) atoms. The molecule has 2 aromatic carbocycles. The van der Waals surface area contributed by atoms with Gasteiger partial charge in [0.05, 0.1) is 29.4 Å². The topological polar surface area (TPSA) is 71.8 Å². The zero-order valence-corrected chi connectivity index (χ0v) is 16.1. The Morgan fingerprint density at radius 3 is 2.50 bits per heavy atom. The van der Waals surface area contributed by atoms with Crippen LogP contribution in [0.15, 0.2) is 59.6 Å². The maximum absolute atomic E-state index is 14.5. The van der Waals surface area contributed by atoms with Crippen LogP contribution in [-0.4, -0.2) is 25.2 Å². The smallest absolute Gasteiger partial charge is 0.265 e. The first kappa shape index (κ1) is 18.4. The van der Waals surface area contributed by atoms with Crippen molar-refractivity contribution in [2.24, 2.45) is 0 Å². The van der Waals surface area contributed by atoms with Gasteiger partial charge < -0.3 is 14.4 Å². The first-order valence-corrected chi connectivity index (χ1v) is 10.2. The highest BCUT2D eigenvalue weighted by Gasteiger charge is 2.39. The molecular weight excluding hydrogens is 383 g/mol. The van der Waals surface area contributed by atoms with E-state index in [9.17, 15) is 17.9 Å². The number of phenolic OH excluding ortho intramolecular Hbond substituents is 1. The van der Waals surface area contributed by atoms with Gasteiger partial charge >= 0.3 is 0 Å². The summed E-state index contributed by atoms with van der Waals surface area (Å²) in [5.74, 6) is -0.636. The van der Waals surface area contributed by atoms with Crippen LogP contribution in [0.3, 0.4) is 0 Å². The van der Waals surface area contributed by atoms with Gasteiger partial charge in [0.15, 0.2) is 11.6 Å². The standard InChI is InChI=1S/C20H19FN2O4S/c1-3-16-17-5-4-10-22(17)18-12-20(27-2)15(21)11-19(18)23(16)28(25,26)14-8-6-13(24)7-9-14/h4-12,16,24H,3H2,1-2H3. The highest BCUT2D eigenvalue weighted by Crippen LogP contribution is 2.45.